The Bertz CT molecular complexity index is 1130. The molecule has 1 saturated carbocycles. The minimum Gasteiger partial charge on any atom is -0.508 e. The van der Waals surface area contributed by atoms with Crippen LogP contribution in [0.15, 0.2) is 59.7 Å². The number of para-hydroxylation sites is 1. The predicted octanol–water partition coefficient (Wildman–Crippen LogP) is 3.05. The molecule has 1 aromatic heterocycles. The van der Waals surface area contributed by atoms with Crippen LogP contribution in [-0.2, 0) is 5.54 Å². The minimum absolute atomic E-state index is 0.103. The molecule has 0 spiro atoms. The molecule has 1 aliphatic carbocycles. The van der Waals surface area contributed by atoms with Crippen LogP contribution in [0, 0.1) is 6.92 Å². The maximum Gasteiger partial charge on any atom is 0.335 e. The number of carboxylic acid groups (broad SMARTS) is 1. The molecule has 3 N–H and O–H groups in total. The molecule has 0 radical (unpaired) electrons. The van der Waals surface area contributed by atoms with Crippen molar-refractivity contribution in [2.45, 2.75) is 25.3 Å². The van der Waals surface area contributed by atoms with Gasteiger partial charge in [0.05, 0.1) is 16.8 Å². The van der Waals surface area contributed by atoms with E-state index in [1.54, 1.807) is 18.2 Å². The van der Waals surface area contributed by atoms with Crippen LogP contribution in [0.4, 0.5) is 5.82 Å². The average Bonchev–Trinajstić information content (AvgIpc) is 3.45. The molecule has 1 aliphatic rings. The molecule has 0 aliphatic heterocycles. The quantitative estimate of drug-likeness (QED) is 0.631. The van der Waals surface area contributed by atoms with E-state index in [2.05, 4.69) is 10.3 Å². The molecule has 3 aromatic rings. The lowest BCUT2D eigenvalue weighted by molar-refractivity contribution is 0.0697. The Hall–Kier alpha value is -3.61. The van der Waals surface area contributed by atoms with E-state index in [0.717, 1.165) is 24.0 Å². The largest absolute Gasteiger partial charge is 0.508 e. The molecule has 0 amide bonds. The number of hydrogen-bond donors (Lipinski definition) is 3. The first-order chi connectivity index (χ1) is 13.4. The number of rotatable bonds is 5. The fourth-order valence-electron chi connectivity index (χ4n) is 3.38. The van der Waals surface area contributed by atoms with Crippen molar-refractivity contribution in [1.82, 2.24) is 9.55 Å². The summed E-state index contributed by atoms with van der Waals surface area (Å²) in [5, 5.41) is 22.6. The van der Waals surface area contributed by atoms with Crippen LogP contribution in [0.1, 0.15) is 34.3 Å². The summed E-state index contributed by atoms with van der Waals surface area (Å²) in [5.74, 6) is -0.727. The molecule has 7 heteroatoms. The highest BCUT2D eigenvalue weighted by Gasteiger charge is 2.46. The zero-order chi connectivity index (χ0) is 19.9. The van der Waals surface area contributed by atoms with Gasteiger partial charge in [-0.25, -0.2) is 9.78 Å². The van der Waals surface area contributed by atoms with Crippen LogP contribution in [-0.4, -0.2) is 25.7 Å². The summed E-state index contributed by atoms with van der Waals surface area (Å²) in [7, 11) is 0. The van der Waals surface area contributed by atoms with Crippen molar-refractivity contribution in [2.75, 3.05) is 5.32 Å². The molecule has 4 rings (SSSR count). The molecular formula is C21H19N3O4. The summed E-state index contributed by atoms with van der Waals surface area (Å²) in [4.78, 5) is 28.5. The number of aromatic nitrogens is 2. The van der Waals surface area contributed by atoms with Gasteiger partial charge in [-0.05, 0) is 43.5 Å². The van der Waals surface area contributed by atoms with Gasteiger partial charge >= 0.3 is 5.97 Å². The number of aromatic carboxylic acids is 1. The van der Waals surface area contributed by atoms with E-state index in [-0.39, 0.29) is 22.7 Å². The van der Waals surface area contributed by atoms with Gasteiger partial charge in [0.15, 0.2) is 5.82 Å². The number of anilines is 1. The number of nitrogens with zero attached hydrogens (tertiary/aromatic N) is 2. The van der Waals surface area contributed by atoms with E-state index < -0.39 is 11.5 Å². The van der Waals surface area contributed by atoms with Gasteiger partial charge in [0.1, 0.15) is 5.75 Å². The van der Waals surface area contributed by atoms with E-state index in [9.17, 15) is 19.8 Å². The van der Waals surface area contributed by atoms with E-state index in [4.69, 9.17) is 0 Å². The number of phenolic OH excluding ortho intramolecular Hbond substituents is 1. The predicted molar refractivity (Wildman–Crippen MR) is 104 cm³/mol. The molecule has 2 aromatic carbocycles. The third-order valence-electron chi connectivity index (χ3n) is 5.08. The second kappa shape index (κ2) is 6.53. The highest BCUT2D eigenvalue weighted by atomic mass is 16.4. The number of carbonyl (C=O) groups is 1. The van der Waals surface area contributed by atoms with Gasteiger partial charge in [0.2, 0.25) is 0 Å². The maximum atomic E-state index is 13.1. The third kappa shape index (κ3) is 3.00. The summed E-state index contributed by atoms with van der Waals surface area (Å²) in [6, 6.07) is 11.7. The van der Waals surface area contributed by atoms with Crippen molar-refractivity contribution in [2.24, 2.45) is 0 Å². The summed E-state index contributed by atoms with van der Waals surface area (Å²) >= 11 is 0. The van der Waals surface area contributed by atoms with Gasteiger partial charge in [0, 0.05) is 18.0 Å². The van der Waals surface area contributed by atoms with Gasteiger partial charge in [-0.1, -0.05) is 24.3 Å². The van der Waals surface area contributed by atoms with E-state index in [1.165, 1.54) is 29.1 Å². The second-order valence-corrected chi connectivity index (χ2v) is 6.98. The summed E-state index contributed by atoms with van der Waals surface area (Å²) in [6.45, 7) is 1.81. The SMILES string of the molecule is Cc1ccc(C(=O)O)cc1-n1ccnc(NC2(c3ccccc3O)CC2)c1=O. The molecule has 0 saturated heterocycles. The van der Waals surface area contributed by atoms with E-state index in [1.807, 2.05) is 19.1 Å². The number of carboxylic acids is 1. The minimum atomic E-state index is -1.06. The Morgan fingerprint density at radius 1 is 1.21 bits per heavy atom. The van der Waals surface area contributed by atoms with Gasteiger partial charge in [-0.3, -0.25) is 9.36 Å². The van der Waals surface area contributed by atoms with Crippen LogP contribution in [0.25, 0.3) is 5.69 Å². The smallest absolute Gasteiger partial charge is 0.335 e. The lowest BCUT2D eigenvalue weighted by Crippen LogP contribution is -2.29. The zero-order valence-electron chi connectivity index (χ0n) is 15.2. The van der Waals surface area contributed by atoms with Crippen LogP contribution >= 0.6 is 0 Å². The summed E-state index contributed by atoms with van der Waals surface area (Å²) < 4.78 is 1.39. The van der Waals surface area contributed by atoms with Gasteiger partial charge in [-0.2, -0.15) is 0 Å². The van der Waals surface area contributed by atoms with E-state index >= 15 is 0 Å². The Morgan fingerprint density at radius 2 is 1.96 bits per heavy atom. The van der Waals surface area contributed by atoms with Crippen molar-refractivity contribution in [1.29, 1.82) is 0 Å². The standard InChI is InChI=1S/C21H19N3O4/c1-13-6-7-14(20(27)28)12-16(13)24-11-10-22-18(19(24)26)23-21(8-9-21)15-4-2-3-5-17(15)25/h2-7,10-12,25H,8-9H2,1H3,(H,22,23)(H,27,28). The zero-order valence-corrected chi connectivity index (χ0v) is 15.2. The molecule has 0 bridgehead atoms. The lowest BCUT2D eigenvalue weighted by Gasteiger charge is -2.20. The maximum absolute atomic E-state index is 13.1. The molecule has 0 unspecified atom stereocenters. The first-order valence-corrected chi connectivity index (χ1v) is 8.90. The number of aromatic hydroxyl groups is 1. The van der Waals surface area contributed by atoms with Gasteiger partial charge < -0.3 is 15.5 Å². The molecule has 28 heavy (non-hydrogen) atoms. The lowest BCUT2D eigenvalue weighted by atomic mass is 10.0. The normalized spacial score (nSPS) is 14.5. The Labute approximate surface area is 160 Å². The fourth-order valence-corrected chi connectivity index (χ4v) is 3.38. The van der Waals surface area contributed by atoms with Gasteiger partial charge in [-0.15, -0.1) is 0 Å². The fraction of sp³-hybridized carbons (Fsp3) is 0.190. The van der Waals surface area contributed by atoms with Crippen LogP contribution in [0.5, 0.6) is 5.75 Å². The first-order valence-electron chi connectivity index (χ1n) is 8.90. The second-order valence-electron chi connectivity index (χ2n) is 6.98. The topological polar surface area (TPSA) is 104 Å². The first kappa shape index (κ1) is 17.8. The molecule has 1 heterocycles. The summed E-state index contributed by atoms with van der Waals surface area (Å²) in [5.41, 5.74) is 1.19. The van der Waals surface area contributed by atoms with Crippen molar-refractivity contribution < 1.29 is 15.0 Å². The van der Waals surface area contributed by atoms with Gasteiger partial charge in [0.25, 0.3) is 5.56 Å². The van der Waals surface area contributed by atoms with Crippen molar-refractivity contribution in [3.8, 4) is 11.4 Å². The summed E-state index contributed by atoms with van der Waals surface area (Å²) in [6.07, 6.45) is 4.56. The Kier molecular flexibility index (Phi) is 4.15. The van der Waals surface area contributed by atoms with Crippen LogP contribution in [0.3, 0.4) is 0 Å². The Morgan fingerprint density at radius 3 is 2.64 bits per heavy atom. The number of benzene rings is 2. The van der Waals surface area contributed by atoms with Crippen LogP contribution < -0.4 is 10.9 Å². The number of hydrogen-bond acceptors (Lipinski definition) is 5. The van der Waals surface area contributed by atoms with Crippen molar-refractivity contribution >= 4 is 11.8 Å². The van der Waals surface area contributed by atoms with Crippen LogP contribution in [0.2, 0.25) is 0 Å². The average molecular weight is 377 g/mol. The molecule has 142 valence electrons. The number of phenols is 1. The number of nitrogens with one attached hydrogen (secondary N) is 1. The third-order valence-corrected chi connectivity index (χ3v) is 5.08. The molecular weight excluding hydrogens is 358 g/mol. The monoisotopic (exact) mass is 377 g/mol. The van der Waals surface area contributed by atoms with Crippen molar-refractivity contribution in [3.63, 3.8) is 0 Å². The molecule has 0 atom stereocenters. The highest BCUT2D eigenvalue weighted by molar-refractivity contribution is 5.88. The van der Waals surface area contributed by atoms with E-state index in [0.29, 0.717) is 5.69 Å². The molecule has 1 fully saturated rings. The van der Waals surface area contributed by atoms with Crippen molar-refractivity contribution in [3.05, 3.63) is 81.9 Å². The number of aryl methyl sites for hydroxylation is 1. The highest BCUT2D eigenvalue weighted by Crippen LogP contribution is 2.50. The Balaban J connectivity index is 1.75. The molecule has 7 nitrogen and oxygen atoms in total.